The second kappa shape index (κ2) is 10.0. The summed E-state index contributed by atoms with van der Waals surface area (Å²) in [5.41, 5.74) is 1.36. The molecule has 0 aliphatic rings. The van der Waals surface area contributed by atoms with Crippen molar-refractivity contribution in [2.24, 2.45) is 0 Å². The predicted octanol–water partition coefficient (Wildman–Crippen LogP) is 2.28. The van der Waals surface area contributed by atoms with Crippen LogP contribution in [-0.4, -0.2) is 56.0 Å². The number of methoxy groups -OCH3 is 1. The molecule has 0 fully saturated rings. The Kier molecular flexibility index (Phi) is 7.91. The highest BCUT2D eigenvalue weighted by atomic mass is 32.2. The third-order valence-corrected chi connectivity index (χ3v) is 6.92. The molecule has 1 amide bonds. The minimum atomic E-state index is -3.53. The average molecular weight is 470 g/mol. The highest BCUT2D eigenvalue weighted by molar-refractivity contribution is 7.92. The quantitative estimate of drug-likeness (QED) is 0.571. The molecule has 2 aromatic rings. The van der Waals surface area contributed by atoms with Crippen LogP contribution in [0.5, 0.6) is 5.75 Å². The Morgan fingerprint density at radius 1 is 0.968 bits per heavy atom. The minimum absolute atomic E-state index is 0.0916. The van der Waals surface area contributed by atoms with Crippen LogP contribution in [0.15, 0.2) is 48.5 Å². The average Bonchev–Trinajstić information content (AvgIpc) is 2.69. The van der Waals surface area contributed by atoms with Crippen LogP contribution in [0.1, 0.15) is 12.8 Å². The van der Waals surface area contributed by atoms with Gasteiger partial charge in [-0.3, -0.25) is 13.4 Å². The molecule has 170 valence electrons. The van der Waals surface area contributed by atoms with Gasteiger partial charge in [-0.15, -0.1) is 0 Å². The Morgan fingerprint density at radius 3 is 2.16 bits per heavy atom. The number of carbonyl (C=O) groups is 1. The lowest BCUT2D eigenvalue weighted by Crippen LogP contribution is -2.31. The molecule has 31 heavy (non-hydrogen) atoms. The Bertz CT molecular complexity index is 1120. The first-order valence-electron chi connectivity index (χ1n) is 9.37. The summed E-state index contributed by atoms with van der Waals surface area (Å²) in [5, 5.41) is 2.71. The van der Waals surface area contributed by atoms with Crippen molar-refractivity contribution >= 4 is 43.0 Å². The van der Waals surface area contributed by atoms with Gasteiger partial charge in [-0.05, 0) is 48.9 Å². The van der Waals surface area contributed by atoms with Crippen LogP contribution >= 0.6 is 0 Å². The van der Waals surface area contributed by atoms with Crippen LogP contribution < -0.4 is 18.7 Å². The van der Waals surface area contributed by atoms with Gasteiger partial charge < -0.3 is 10.1 Å². The molecule has 0 aromatic heterocycles. The van der Waals surface area contributed by atoms with Crippen LogP contribution in [0.2, 0.25) is 0 Å². The number of rotatable bonds is 10. The molecular weight excluding hydrogens is 442 g/mol. The number of sulfonamides is 2. The van der Waals surface area contributed by atoms with Crippen molar-refractivity contribution in [2.75, 3.05) is 47.1 Å². The molecule has 0 unspecified atom stereocenters. The standard InChI is InChI=1S/C20H27N3O6S2/c1-22(30(3,25)26)18-8-5-7-16(15-18)21-20(24)9-6-14-23(31(4,27)28)17-10-12-19(29-2)13-11-17/h5,7-8,10-13,15H,6,9,14H2,1-4H3,(H,21,24). The van der Waals surface area contributed by atoms with Gasteiger partial charge in [0.2, 0.25) is 26.0 Å². The largest absolute Gasteiger partial charge is 0.497 e. The maximum absolute atomic E-state index is 12.3. The fourth-order valence-electron chi connectivity index (χ4n) is 2.81. The van der Waals surface area contributed by atoms with E-state index in [-0.39, 0.29) is 18.9 Å². The molecule has 0 saturated carbocycles. The Labute approximate surface area is 183 Å². The van der Waals surface area contributed by atoms with E-state index in [2.05, 4.69) is 5.32 Å². The summed E-state index contributed by atoms with van der Waals surface area (Å²) < 4.78 is 55.2. The molecule has 9 nitrogen and oxygen atoms in total. The monoisotopic (exact) mass is 469 g/mol. The van der Waals surface area contributed by atoms with Crippen LogP contribution in [0.4, 0.5) is 17.1 Å². The number of benzene rings is 2. The fourth-order valence-corrected chi connectivity index (χ4v) is 4.27. The van der Waals surface area contributed by atoms with Crippen molar-refractivity contribution in [3.8, 4) is 5.75 Å². The normalized spacial score (nSPS) is 11.6. The molecule has 11 heteroatoms. The topological polar surface area (TPSA) is 113 Å². The van der Waals surface area contributed by atoms with Gasteiger partial charge in [0, 0.05) is 25.7 Å². The van der Waals surface area contributed by atoms with E-state index < -0.39 is 20.0 Å². The molecule has 0 atom stereocenters. The molecule has 2 rings (SSSR count). The summed E-state index contributed by atoms with van der Waals surface area (Å²) in [4.78, 5) is 12.3. The number of nitrogens with zero attached hydrogens (tertiary/aromatic N) is 2. The lowest BCUT2D eigenvalue weighted by molar-refractivity contribution is -0.116. The molecule has 0 aliphatic carbocycles. The van der Waals surface area contributed by atoms with Crippen molar-refractivity contribution in [2.45, 2.75) is 12.8 Å². The maximum atomic E-state index is 12.3. The molecule has 1 N–H and O–H groups in total. The van der Waals surface area contributed by atoms with Crippen LogP contribution in [0, 0.1) is 0 Å². The lowest BCUT2D eigenvalue weighted by atomic mass is 10.2. The first-order chi connectivity index (χ1) is 14.4. The molecule has 2 aromatic carbocycles. The highest BCUT2D eigenvalue weighted by Crippen LogP contribution is 2.23. The van der Waals surface area contributed by atoms with E-state index in [0.29, 0.717) is 29.2 Å². The minimum Gasteiger partial charge on any atom is -0.497 e. The summed E-state index contributed by atoms with van der Waals surface area (Å²) >= 11 is 0. The summed E-state index contributed by atoms with van der Waals surface area (Å²) in [7, 11) is -3.99. The van der Waals surface area contributed by atoms with Gasteiger partial charge in [0.1, 0.15) is 5.75 Å². The number of carbonyl (C=O) groups excluding carboxylic acids is 1. The van der Waals surface area contributed by atoms with E-state index in [0.717, 1.165) is 16.8 Å². The predicted molar refractivity (Wildman–Crippen MR) is 123 cm³/mol. The molecule has 0 bridgehead atoms. The van der Waals surface area contributed by atoms with Crippen LogP contribution in [0.3, 0.4) is 0 Å². The summed E-state index contributed by atoms with van der Waals surface area (Å²) in [6.07, 6.45) is 2.60. The van der Waals surface area contributed by atoms with Gasteiger partial charge in [-0.25, -0.2) is 16.8 Å². The van der Waals surface area contributed by atoms with Gasteiger partial charge >= 0.3 is 0 Å². The van der Waals surface area contributed by atoms with E-state index in [4.69, 9.17) is 4.74 Å². The van der Waals surface area contributed by atoms with Gasteiger partial charge in [0.05, 0.1) is 31.0 Å². The third kappa shape index (κ3) is 7.14. The number of ether oxygens (including phenoxy) is 1. The first kappa shape index (κ1) is 24.5. The SMILES string of the molecule is COc1ccc(N(CCCC(=O)Nc2cccc(N(C)S(C)(=O)=O)c2)S(C)(=O)=O)cc1. The molecule has 0 saturated heterocycles. The number of anilines is 3. The Morgan fingerprint density at radius 2 is 1.61 bits per heavy atom. The van der Waals surface area contributed by atoms with Crippen molar-refractivity contribution < 1.29 is 26.4 Å². The van der Waals surface area contributed by atoms with E-state index in [9.17, 15) is 21.6 Å². The number of hydrogen-bond donors (Lipinski definition) is 1. The van der Waals surface area contributed by atoms with Gasteiger partial charge in [0.15, 0.2) is 0 Å². The second-order valence-electron chi connectivity index (χ2n) is 6.97. The zero-order valence-corrected chi connectivity index (χ0v) is 19.5. The van der Waals surface area contributed by atoms with E-state index >= 15 is 0 Å². The molecule has 0 radical (unpaired) electrons. The zero-order valence-electron chi connectivity index (χ0n) is 17.9. The summed E-state index contributed by atoms with van der Waals surface area (Å²) in [6.45, 7) is 0.134. The van der Waals surface area contributed by atoms with Gasteiger partial charge in [-0.1, -0.05) is 6.07 Å². The number of nitrogens with one attached hydrogen (secondary N) is 1. The summed E-state index contributed by atoms with van der Waals surface area (Å²) in [5.74, 6) is 0.308. The molecule has 0 spiro atoms. The molecule has 0 heterocycles. The van der Waals surface area contributed by atoms with Crippen molar-refractivity contribution in [1.82, 2.24) is 0 Å². The highest BCUT2D eigenvalue weighted by Gasteiger charge is 2.18. The van der Waals surface area contributed by atoms with E-state index in [1.165, 1.54) is 18.5 Å². The maximum Gasteiger partial charge on any atom is 0.232 e. The zero-order chi connectivity index (χ0) is 23.2. The molecule has 0 aliphatic heterocycles. The smallest absolute Gasteiger partial charge is 0.232 e. The van der Waals surface area contributed by atoms with Crippen LogP contribution in [0.25, 0.3) is 0 Å². The Hall–Kier alpha value is -2.79. The van der Waals surface area contributed by atoms with E-state index in [1.54, 1.807) is 48.5 Å². The summed E-state index contributed by atoms with van der Waals surface area (Å²) in [6, 6.07) is 13.1. The van der Waals surface area contributed by atoms with Crippen LogP contribution in [-0.2, 0) is 24.8 Å². The lowest BCUT2D eigenvalue weighted by Gasteiger charge is -2.22. The first-order valence-corrected chi connectivity index (χ1v) is 13.1. The van der Waals surface area contributed by atoms with Crippen molar-refractivity contribution in [3.63, 3.8) is 0 Å². The van der Waals surface area contributed by atoms with Crippen molar-refractivity contribution in [1.29, 1.82) is 0 Å². The van der Waals surface area contributed by atoms with Gasteiger partial charge in [-0.2, -0.15) is 0 Å². The van der Waals surface area contributed by atoms with Crippen molar-refractivity contribution in [3.05, 3.63) is 48.5 Å². The van der Waals surface area contributed by atoms with E-state index in [1.807, 2.05) is 0 Å². The van der Waals surface area contributed by atoms with Gasteiger partial charge in [0.25, 0.3) is 0 Å². The fraction of sp³-hybridized carbons (Fsp3) is 0.350. The second-order valence-corrected chi connectivity index (χ2v) is 10.9. The molecular formula is C20H27N3O6S2. The number of hydrogen-bond acceptors (Lipinski definition) is 6. The Balaban J connectivity index is 2.00. The number of amides is 1. The third-order valence-electron chi connectivity index (χ3n) is 4.52.